The van der Waals surface area contributed by atoms with Gasteiger partial charge in [-0.05, 0) is 18.2 Å². The molecule has 0 saturated carbocycles. The lowest BCUT2D eigenvalue weighted by molar-refractivity contribution is -0.157. The molecular formula is C18H18F3N7O2. The molecular weight excluding hydrogens is 403 g/mol. The number of pyridine rings is 1. The second-order valence-corrected chi connectivity index (χ2v) is 6.77. The minimum atomic E-state index is -4.64. The number of alkyl halides is 3. The third-order valence-corrected chi connectivity index (χ3v) is 4.65. The van der Waals surface area contributed by atoms with Gasteiger partial charge in [-0.25, -0.2) is 4.68 Å². The first-order valence-corrected chi connectivity index (χ1v) is 9.23. The maximum Gasteiger partial charge on any atom is 0.470 e. The van der Waals surface area contributed by atoms with Crippen molar-refractivity contribution in [3.8, 4) is 0 Å². The summed E-state index contributed by atoms with van der Waals surface area (Å²) in [5.74, 6) is -0.754. The number of hydrogen-bond donors (Lipinski definition) is 0. The zero-order valence-corrected chi connectivity index (χ0v) is 15.8. The quantitative estimate of drug-likeness (QED) is 0.611. The number of hydrogen-bond acceptors (Lipinski definition) is 8. The molecule has 4 rings (SSSR count). The Bertz CT molecular complexity index is 1040. The van der Waals surface area contributed by atoms with Crippen LogP contribution in [0.25, 0.3) is 0 Å². The molecule has 0 amide bonds. The zero-order valence-electron chi connectivity index (χ0n) is 15.8. The van der Waals surface area contributed by atoms with Crippen LogP contribution in [0.1, 0.15) is 17.5 Å². The van der Waals surface area contributed by atoms with Gasteiger partial charge in [-0.2, -0.15) is 18.3 Å². The molecule has 0 aromatic carbocycles. The summed E-state index contributed by atoms with van der Waals surface area (Å²) in [6, 6.07) is 8.60. The van der Waals surface area contributed by atoms with E-state index in [1.54, 1.807) is 18.3 Å². The summed E-state index contributed by atoms with van der Waals surface area (Å²) in [5, 5.41) is 10.9. The molecule has 30 heavy (non-hydrogen) atoms. The van der Waals surface area contributed by atoms with Crippen molar-refractivity contribution in [3.05, 3.63) is 64.4 Å². The van der Waals surface area contributed by atoms with E-state index in [0.717, 1.165) is 5.69 Å². The number of rotatable bonds is 5. The van der Waals surface area contributed by atoms with E-state index in [1.165, 1.54) is 10.7 Å². The highest BCUT2D eigenvalue weighted by molar-refractivity contribution is 5.37. The first-order valence-electron chi connectivity index (χ1n) is 9.23. The monoisotopic (exact) mass is 421 g/mol. The second-order valence-electron chi connectivity index (χ2n) is 6.77. The fourth-order valence-electron chi connectivity index (χ4n) is 3.12. The van der Waals surface area contributed by atoms with Crippen molar-refractivity contribution < 1.29 is 17.6 Å². The zero-order chi connectivity index (χ0) is 21.1. The highest BCUT2D eigenvalue weighted by atomic mass is 19.4. The summed E-state index contributed by atoms with van der Waals surface area (Å²) in [7, 11) is 0. The molecule has 0 bridgehead atoms. The molecule has 0 radical (unpaired) electrons. The Hall–Kier alpha value is -3.28. The normalized spacial score (nSPS) is 15.5. The van der Waals surface area contributed by atoms with Crippen LogP contribution in [0.2, 0.25) is 0 Å². The Morgan fingerprint density at radius 2 is 1.80 bits per heavy atom. The van der Waals surface area contributed by atoms with Crippen LogP contribution in [-0.2, 0) is 19.3 Å². The van der Waals surface area contributed by atoms with Crippen LogP contribution in [0.15, 0.2) is 45.7 Å². The van der Waals surface area contributed by atoms with E-state index in [4.69, 9.17) is 0 Å². The Morgan fingerprint density at radius 3 is 2.47 bits per heavy atom. The minimum absolute atomic E-state index is 0.0715. The number of anilines is 1. The molecule has 0 unspecified atom stereocenters. The second kappa shape index (κ2) is 8.22. The highest BCUT2D eigenvalue weighted by Gasteiger charge is 2.38. The molecule has 4 heterocycles. The maximum absolute atomic E-state index is 12.6. The average molecular weight is 421 g/mol. The van der Waals surface area contributed by atoms with E-state index in [-0.39, 0.29) is 24.5 Å². The van der Waals surface area contributed by atoms with Gasteiger partial charge in [0.15, 0.2) is 0 Å². The van der Waals surface area contributed by atoms with E-state index >= 15 is 0 Å². The number of nitrogens with zero attached hydrogens (tertiary/aromatic N) is 7. The lowest BCUT2D eigenvalue weighted by Gasteiger charge is -2.34. The lowest BCUT2D eigenvalue weighted by atomic mass is 10.3. The summed E-state index contributed by atoms with van der Waals surface area (Å²) in [4.78, 5) is 20.3. The number of aromatic nitrogens is 5. The van der Waals surface area contributed by atoms with Gasteiger partial charge in [0.1, 0.15) is 5.82 Å². The summed E-state index contributed by atoms with van der Waals surface area (Å²) < 4.78 is 43.7. The van der Waals surface area contributed by atoms with Crippen molar-refractivity contribution in [2.24, 2.45) is 0 Å². The third-order valence-electron chi connectivity index (χ3n) is 4.65. The fraction of sp³-hybridized carbons (Fsp3) is 0.389. The van der Waals surface area contributed by atoms with Crippen molar-refractivity contribution in [3.63, 3.8) is 0 Å². The van der Waals surface area contributed by atoms with Crippen molar-refractivity contribution in [1.82, 2.24) is 29.9 Å². The first kappa shape index (κ1) is 20.0. The molecule has 1 fully saturated rings. The minimum Gasteiger partial charge on any atom is -0.416 e. The summed E-state index contributed by atoms with van der Waals surface area (Å²) in [5.41, 5.74) is 0.506. The Morgan fingerprint density at radius 1 is 1.00 bits per heavy atom. The third kappa shape index (κ3) is 4.64. The number of piperazine rings is 1. The van der Waals surface area contributed by atoms with Crippen LogP contribution in [0.3, 0.4) is 0 Å². The predicted molar refractivity (Wildman–Crippen MR) is 98.6 cm³/mol. The van der Waals surface area contributed by atoms with E-state index in [2.05, 4.69) is 24.7 Å². The van der Waals surface area contributed by atoms with Crippen LogP contribution in [0, 0.1) is 0 Å². The Balaban J connectivity index is 1.37. The van der Waals surface area contributed by atoms with Gasteiger partial charge >= 0.3 is 12.1 Å². The van der Waals surface area contributed by atoms with Crippen LogP contribution < -0.4 is 10.5 Å². The predicted octanol–water partition coefficient (Wildman–Crippen LogP) is 1.41. The molecule has 1 saturated heterocycles. The first-order chi connectivity index (χ1) is 14.4. The molecule has 0 spiro atoms. The Kier molecular flexibility index (Phi) is 5.48. The molecule has 1 aliphatic rings. The van der Waals surface area contributed by atoms with Gasteiger partial charge in [-0.3, -0.25) is 14.7 Å². The largest absolute Gasteiger partial charge is 0.470 e. The fourth-order valence-corrected chi connectivity index (χ4v) is 3.12. The van der Waals surface area contributed by atoms with Gasteiger partial charge in [0.05, 0.1) is 18.8 Å². The van der Waals surface area contributed by atoms with Crippen molar-refractivity contribution in [2.45, 2.75) is 19.3 Å². The standard InChI is InChI=1S/C18H18F3N7O2/c19-18(20,21)17-24-23-15(30-17)12-26-7-9-27(10-8-26)14-4-5-16(29)28(25-14)11-13-3-1-2-6-22-13/h1-6H,7-12H2. The molecule has 1 aliphatic heterocycles. The van der Waals surface area contributed by atoms with Gasteiger partial charge in [-0.15, -0.1) is 10.2 Å². The van der Waals surface area contributed by atoms with E-state index in [9.17, 15) is 18.0 Å². The molecule has 3 aromatic heterocycles. The molecule has 0 atom stereocenters. The van der Waals surface area contributed by atoms with Gasteiger partial charge in [0, 0.05) is 38.4 Å². The molecule has 0 N–H and O–H groups in total. The van der Waals surface area contributed by atoms with Gasteiger partial charge in [0.25, 0.3) is 5.56 Å². The van der Waals surface area contributed by atoms with Gasteiger partial charge in [-0.1, -0.05) is 6.07 Å². The van der Waals surface area contributed by atoms with Crippen LogP contribution in [0.5, 0.6) is 0 Å². The maximum atomic E-state index is 12.6. The smallest absolute Gasteiger partial charge is 0.416 e. The van der Waals surface area contributed by atoms with Gasteiger partial charge in [0.2, 0.25) is 5.89 Å². The van der Waals surface area contributed by atoms with Crippen LogP contribution in [-0.4, -0.2) is 56.0 Å². The van der Waals surface area contributed by atoms with Crippen molar-refractivity contribution in [2.75, 3.05) is 31.1 Å². The summed E-state index contributed by atoms with van der Waals surface area (Å²) >= 11 is 0. The summed E-state index contributed by atoms with van der Waals surface area (Å²) in [6.07, 6.45) is -2.99. The van der Waals surface area contributed by atoms with Gasteiger partial charge < -0.3 is 9.32 Å². The number of halogens is 3. The Labute approximate surface area is 168 Å². The van der Waals surface area contributed by atoms with Crippen LogP contribution in [0.4, 0.5) is 19.0 Å². The summed E-state index contributed by atoms with van der Waals surface area (Å²) in [6.45, 7) is 2.75. The molecule has 12 heteroatoms. The molecule has 9 nitrogen and oxygen atoms in total. The SMILES string of the molecule is O=c1ccc(N2CCN(Cc3nnc(C(F)(F)F)o3)CC2)nn1Cc1ccccn1. The van der Waals surface area contributed by atoms with Crippen molar-refractivity contribution in [1.29, 1.82) is 0 Å². The topological polar surface area (TPSA) is 93.2 Å². The molecule has 3 aromatic rings. The lowest BCUT2D eigenvalue weighted by Crippen LogP contribution is -2.46. The molecule has 0 aliphatic carbocycles. The van der Waals surface area contributed by atoms with E-state index in [1.807, 2.05) is 21.9 Å². The van der Waals surface area contributed by atoms with E-state index in [0.29, 0.717) is 32.0 Å². The molecule has 158 valence electrons. The van der Waals surface area contributed by atoms with E-state index < -0.39 is 12.1 Å². The highest BCUT2D eigenvalue weighted by Crippen LogP contribution is 2.28. The average Bonchev–Trinajstić information content (AvgIpc) is 3.20. The van der Waals surface area contributed by atoms with Crippen molar-refractivity contribution >= 4 is 5.82 Å². The van der Waals surface area contributed by atoms with Crippen LogP contribution >= 0.6 is 0 Å².